The van der Waals surface area contributed by atoms with Gasteiger partial charge in [-0.1, -0.05) is 31.4 Å². The normalized spacial score (nSPS) is 23.7. The number of amides is 1. The molecule has 0 saturated heterocycles. The zero-order valence-corrected chi connectivity index (χ0v) is 12.0. The van der Waals surface area contributed by atoms with Crippen molar-refractivity contribution in [2.45, 2.75) is 45.1 Å². The zero-order chi connectivity index (χ0) is 13.8. The summed E-state index contributed by atoms with van der Waals surface area (Å²) in [7, 11) is 0. The molecule has 1 saturated carbocycles. The second-order valence-electron chi connectivity index (χ2n) is 5.51. The number of benzene rings is 1. The van der Waals surface area contributed by atoms with E-state index in [2.05, 4.69) is 12.2 Å². The minimum Gasteiger partial charge on any atom is -0.381 e. The number of hydrogen-bond acceptors (Lipinski definition) is 2. The van der Waals surface area contributed by atoms with Gasteiger partial charge in [-0.25, -0.2) is 0 Å². The molecule has 1 aromatic rings. The van der Waals surface area contributed by atoms with Crippen LogP contribution in [0.5, 0.6) is 0 Å². The number of rotatable bonds is 3. The van der Waals surface area contributed by atoms with Gasteiger partial charge in [-0.05, 0) is 43.4 Å². The van der Waals surface area contributed by atoms with E-state index in [0.29, 0.717) is 16.6 Å². The molecule has 0 heterocycles. The molecule has 2 rings (SSSR count). The van der Waals surface area contributed by atoms with E-state index in [1.807, 2.05) is 0 Å². The minimum atomic E-state index is -0.422. The number of halogens is 1. The van der Waals surface area contributed by atoms with Gasteiger partial charge in [0.05, 0.1) is 10.7 Å². The molecule has 0 aromatic heterocycles. The van der Waals surface area contributed by atoms with Gasteiger partial charge in [0.25, 0.3) is 0 Å². The lowest BCUT2D eigenvalue weighted by atomic mass is 10.0. The van der Waals surface area contributed by atoms with Crippen LogP contribution in [0.15, 0.2) is 18.2 Å². The number of primary amides is 1. The van der Waals surface area contributed by atoms with E-state index < -0.39 is 5.91 Å². The van der Waals surface area contributed by atoms with E-state index in [9.17, 15) is 4.79 Å². The highest BCUT2D eigenvalue weighted by Crippen LogP contribution is 2.28. The van der Waals surface area contributed by atoms with Crippen molar-refractivity contribution in [1.82, 2.24) is 0 Å². The van der Waals surface area contributed by atoms with Crippen LogP contribution in [0.25, 0.3) is 0 Å². The van der Waals surface area contributed by atoms with Gasteiger partial charge in [-0.2, -0.15) is 0 Å². The van der Waals surface area contributed by atoms with E-state index in [4.69, 9.17) is 17.3 Å². The Morgan fingerprint density at radius 1 is 1.32 bits per heavy atom. The van der Waals surface area contributed by atoms with Gasteiger partial charge in [0, 0.05) is 11.6 Å². The average Bonchev–Trinajstić information content (AvgIpc) is 2.57. The first-order chi connectivity index (χ1) is 9.06. The summed E-state index contributed by atoms with van der Waals surface area (Å²) in [6, 6.07) is 5.57. The predicted octanol–water partition coefficient (Wildman–Crippen LogP) is 3.82. The van der Waals surface area contributed by atoms with Crippen LogP contribution in [0.3, 0.4) is 0 Å². The van der Waals surface area contributed by atoms with Gasteiger partial charge in [0.15, 0.2) is 0 Å². The summed E-state index contributed by atoms with van der Waals surface area (Å²) >= 11 is 6.17. The van der Waals surface area contributed by atoms with Crippen molar-refractivity contribution < 1.29 is 4.79 Å². The standard InChI is InChI=1S/C15H21ClN2O/c1-10-3-2-4-12(7-5-10)18-14-9-11(15(17)19)6-8-13(14)16/h6,8-10,12,18H,2-5,7H2,1H3,(H2,17,19). The van der Waals surface area contributed by atoms with E-state index >= 15 is 0 Å². The van der Waals surface area contributed by atoms with Crippen molar-refractivity contribution in [1.29, 1.82) is 0 Å². The number of nitrogens with one attached hydrogen (secondary N) is 1. The number of carbonyl (C=O) groups excluding carboxylic acids is 1. The van der Waals surface area contributed by atoms with Crippen LogP contribution in [0.4, 0.5) is 5.69 Å². The highest BCUT2D eigenvalue weighted by Gasteiger charge is 2.17. The Kier molecular flexibility index (Phi) is 4.70. The Hall–Kier alpha value is -1.22. The fourth-order valence-electron chi connectivity index (χ4n) is 2.64. The van der Waals surface area contributed by atoms with E-state index in [1.165, 1.54) is 19.3 Å². The van der Waals surface area contributed by atoms with Crippen LogP contribution < -0.4 is 11.1 Å². The van der Waals surface area contributed by atoms with Crippen molar-refractivity contribution in [3.8, 4) is 0 Å². The zero-order valence-electron chi connectivity index (χ0n) is 11.3. The van der Waals surface area contributed by atoms with Crippen LogP contribution >= 0.6 is 11.6 Å². The molecule has 1 amide bonds. The smallest absolute Gasteiger partial charge is 0.248 e. The van der Waals surface area contributed by atoms with Crippen molar-refractivity contribution in [3.63, 3.8) is 0 Å². The largest absolute Gasteiger partial charge is 0.381 e. The molecule has 2 atom stereocenters. The summed E-state index contributed by atoms with van der Waals surface area (Å²) in [5, 5.41) is 4.11. The van der Waals surface area contributed by atoms with Gasteiger partial charge < -0.3 is 11.1 Å². The summed E-state index contributed by atoms with van der Waals surface area (Å²) in [5.41, 5.74) is 6.61. The maximum absolute atomic E-state index is 11.2. The lowest BCUT2D eigenvalue weighted by Gasteiger charge is -2.19. The third kappa shape index (κ3) is 3.87. The molecule has 1 aliphatic rings. The monoisotopic (exact) mass is 280 g/mol. The predicted molar refractivity (Wildman–Crippen MR) is 79.6 cm³/mol. The molecule has 4 heteroatoms. The molecule has 2 unspecified atom stereocenters. The molecule has 19 heavy (non-hydrogen) atoms. The Morgan fingerprint density at radius 3 is 2.84 bits per heavy atom. The maximum atomic E-state index is 11.2. The van der Waals surface area contributed by atoms with E-state index in [0.717, 1.165) is 24.4 Å². The first-order valence-electron chi connectivity index (χ1n) is 6.92. The van der Waals surface area contributed by atoms with Gasteiger partial charge in [0.2, 0.25) is 5.91 Å². The molecule has 3 N–H and O–H groups in total. The molecule has 0 aliphatic heterocycles. The van der Waals surface area contributed by atoms with Gasteiger partial charge in [-0.15, -0.1) is 0 Å². The lowest BCUT2D eigenvalue weighted by Crippen LogP contribution is -2.19. The Labute approximate surface area is 119 Å². The highest BCUT2D eigenvalue weighted by molar-refractivity contribution is 6.33. The molecule has 0 radical (unpaired) electrons. The van der Waals surface area contributed by atoms with Gasteiger partial charge >= 0.3 is 0 Å². The van der Waals surface area contributed by atoms with Crippen LogP contribution in [0, 0.1) is 5.92 Å². The fraction of sp³-hybridized carbons (Fsp3) is 0.533. The van der Waals surface area contributed by atoms with Crippen LogP contribution in [-0.4, -0.2) is 11.9 Å². The summed E-state index contributed by atoms with van der Waals surface area (Å²) in [6.45, 7) is 2.31. The minimum absolute atomic E-state index is 0.422. The average molecular weight is 281 g/mol. The Balaban J connectivity index is 2.09. The third-order valence-corrected chi connectivity index (χ3v) is 4.20. The lowest BCUT2D eigenvalue weighted by molar-refractivity contribution is 0.100. The van der Waals surface area contributed by atoms with Crippen LogP contribution in [0.1, 0.15) is 49.4 Å². The number of nitrogens with two attached hydrogens (primary N) is 1. The number of anilines is 1. The topological polar surface area (TPSA) is 55.1 Å². The molecule has 1 aromatic carbocycles. The summed E-state index contributed by atoms with van der Waals surface area (Å²) in [6.07, 6.45) is 6.09. The molecule has 3 nitrogen and oxygen atoms in total. The van der Waals surface area contributed by atoms with Crippen molar-refractivity contribution in [2.75, 3.05) is 5.32 Å². The van der Waals surface area contributed by atoms with E-state index in [1.54, 1.807) is 18.2 Å². The molecule has 1 aliphatic carbocycles. The van der Waals surface area contributed by atoms with Crippen molar-refractivity contribution in [3.05, 3.63) is 28.8 Å². The second-order valence-corrected chi connectivity index (χ2v) is 5.92. The van der Waals surface area contributed by atoms with Crippen molar-refractivity contribution >= 4 is 23.2 Å². The number of carbonyl (C=O) groups is 1. The molecule has 0 spiro atoms. The van der Waals surface area contributed by atoms with Crippen LogP contribution in [0.2, 0.25) is 5.02 Å². The van der Waals surface area contributed by atoms with Gasteiger partial charge in [0.1, 0.15) is 0 Å². The summed E-state index contributed by atoms with van der Waals surface area (Å²) < 4.78 is 0. The van der Waals surface area contributed by atoms with Crippen LogP contribution in [-0.2, 0) is 0 Å². The number of hydrogen-bond donors (Lipinski definition) is 2. The highest BCUT2D eigenvalue weighted by atomic mass is 35.5. The van der Waals surface area contributed by atoms with Crippen molar-refractivity contribution in [2.24, 2.45) is 11.7 Å². The Morgan fingerprint density at radius 2 is 2.11 bits per heavy atom. The second kappa shape index (κ2) is 6.29. The van der Waals surface area contributed by atoms with E-state index in [-0.39, 0.29) is 0 Å². The fourth-order valence-corrected chi connectivity index (χ4v) is 2.81. The Bertz CT molecular complexity index is 461. The third-order valence-electron chi connectivity index (χ3n) is 3.87. The molecule has 104 valence electrons. The SMILES string of the molecule is CC1CCCC(Nc2cc(C(N)=O)ccc2Cl)CC1. The first kappa shape index (κ1) is 14.2. The quantitative estimate of drug-likeness (QED) is 0.827. The first-order valence-corrected chi connectivity index (χ1v) is 7.30. The van der Waals surface area contributed by atoms with Gasteiger partial charge in [-0.3, -0.25) is 4.79 Å². The summed E-state index contributed by atoms with van der Waals surface area (Å²) in [5.74, 6) is 0.383. The molecule has 0 bridgehead atoms. The molecule has 1 fully saturated rings. The summed E-state index contributed by atoms with van der Waals surface area (Å²) in [4.78, 5) is 11.2. The maximum Gasteiger partial charge on any atom is 0.248 e. The molecular formula is C15H21ClN2O. The molecular weight excluding hydrogens is 260 g/mol.